The molecule has 0 amide bonds. The van der Waals surface area contributed by atoms with Gasteiger partial charge in [-0.05, 0) is 12.3 Å². The normalized spacial score (nSPS) is 16.6. The van der Waals surface area contributed by atoms with Crippen LogP contribution in [0.3, 0.4) is 0 Å². The molecule has 1 aliphatic carbocycles. The average Bonchev–Trinajstić information content (AvgIpc) is 2.63. The second-order valence-corrected chi connectivity index (χ2v) is 2.75. The van der Waals surface area contributed by atoms with Crippen molar-refractivity contribution in [3.8, 4) is 0 Å². The monoisotopic (exact) mass is 123 g/mol. The first-order valence-corrected chi connectivity index (χ1v) is 3.91. The summed E-state index contributed by atoms with van der Waals surface area (Å²) in [6.45, 7) is 3.80. The maximum Gasteiger partial charge on any atom is -0.00531 e. The van der Waals surface area contributed by atoms with Crippen LogP contribution in [0.25, 0.3) is 0 Å². The molecule has 0 aliphatic heterocycles. The molecule has 9 heavy (non-hydrogen) atoms. The number of hydrogen-bond donors (Lipinski definition) is 0. The van der Waals surface area contributed by atoms with Crippen LogP contribution >= 0.6 is 0 Å². The van der Waals surface area contributed by atoms with Crippen LogP contribution in [0.2, 0.25) is 0 Å². The van der Waals surface area contributed by atoms with Gasteiger partial charge in [-0.3, -0.25) is 0 Å². The molecule has 1 aliphatic rings. The fourth-order valence-electron chi connectivity index (χ4n) is 1.00. The third-order valence-corrected chi connectivity index (χ3v) is 1.75. The Labute approximate surface area is 58.0 Å². The molecule has 0 spiro atoms. The molecule has 0 nitrogen and oxygen atoms in total. The van der Waals surface area contributed by atoms with Gasteiger partial charge in [0.05, 0.1) is 0 Å². The smallest absolute Gasteiger partial charge is 0.00531 e. The number of rotatable bonds is 5. The topological polar surface area (TPSA) is 0 Å². The van der Waals surface area contributed by atoms with Gasteiger partial charge >= 0.3 is 0 Å². The number of unbranched alkanes of at least 4 members (excludes halogenated alkanes) is 3. The average molecular weight is 123 g/mol. The van der Waals surface area contributed by atoms with Crippen LogP contribution < -0.4 is 0 Å². The van der Waals surface area contributed by atoms with Crippen molar-refractivity contribution in [1.29, 1.82) is 0 Å². The van der Waals surface area contributed by atoms with Crippen molar-refractivity contribution in [3.63, 3.8) is 0 Å². The summed E-state index contributed by atoms with van der Waals surface area (Å²) in [7, 11) is 0. The lowest BCUT2D eigenvalue weighted by atomic mass is 10.1. The third-order valence-electron chi connectivity index (χ3n) is 1.75. The molecular weight excluding hydrogens is 108 g/mol. The van der Waals surface area contributed by atoms with Crippen LogP contribution in [0.15, 0.2) is 12.2 Å². The zero-order chi connectivity index (χ0) is 6.53. The Morgan fingerprint density at radius 2 is 1.89 bits per heavy atom. The Kier molecular flexibility index (Phi) is 2.82. The van der Waals surface area contributed by atoms with Gasteiger partial charge < -0.3 is 0 Å². The Morgan fingerprint density at radius 3 is 2.44 bits per heavy atom. The summed E-state index contributed by atoms with van der Waals surface area (Å²) < 4.78 is 0. The van der Waals surface area contributed by atoms with E-state index in [0.717, 1.165) is 12.3 Å². The van der Waals surface area contributed by atoms with Crippen LogP contribution in [-0.4, -0.2) is 0 Å². The molecule has 0 N–H and O–H groups in total. The molecule has 0 aromatic rings. The fourth-order valence-corrected chi connectivity index (χ4v) is 1.00. The fraction of sp³-hybridized carbons (Fsp3) is 0.667. The first-order chi connectivity index (χ1) is 4.43. The predicted octanol–water partition coefficient (Wildman–Crippen LogP) is 2.96. The zero-order valence-corrected chi connectivity index (χ0v) is 5.97. The van der Waals surface area contributed by atoms with Crippen molar-refractivity contribution < 1.29 is 0 Å². The molecule has 0 saturated heterocycles. The van der Waals surface area contributed by atoms with Crippen molar-refractivity contribution in [2.24, 2.45) is 5.92 Å². The second-order valence-electron chi connectivity index (χ2n) is 2.75. The largest absolute Gasteiger partial charge is 0.0810 e. The molecule has 51 valence electrons. The SMILES string of the molecule is [CH2]CCCCCC1C=C1. The second kappa shape index (κ2) is 3.71. The molecule has 0 bridgehead atoms. The van der Waals surface area contributed by atoms with Crippen LogP contribution in [0.5, 0.6) is 0 Å². The molecule has 0 atom stereocenters. The van der Waals surface area contributed by atoms with Gasteiger partial charge in [-0.25, -0.2) is 0 Å². The summed E-state index contributed by atoms with van der Waals surface area (Å²) >= 11 is 0. The van der Waals surface area contributed by atoms with Gasteiger partial charge in [0.1, 0.15) is 0 Å². The summed E-state index contributed by atoms with van der Waals surface area (Å²) in [5.74, 6) is 0.884. The Balaban J connectivity index is 1.71. The highest BCUT2D eigenvalue weighted by molar-refractivity contribution is 5.12. The summed E-state index contributed by atoms with van der Waals surface area (Å²) in [4.78, 5) is 0. The quantitative estimate of drug-likeness (QED) is 0.389. The minimum absolute atomic E-state index is 0.884. The maximum absolute atomic E-state index is 3.80. The number of hydrogen-bond acceptors (Lipinski definition) is 0. The van der Waals surface area contributed by atoms with Crippen molar-refractivity contribution in [1.82, 2.24) is 0 Å². The van der Waals surface area contributed by atoms with Gasteiger partial charge in [-0.1, -0.05) is 44.8 Å². The van der Waals surface area contributed by atoms with Crippen molar-refractivity contribution in [2.45, 2.75) is 32.1 Å². The third kappa shape index (κ3) is 3.34. The summed E-state index contributed by atoms with van der Waals surface area (Å²) in [6, 6.07) is 0. The molecule has 0 heteroatoms. The van der Waals surface area contributed by atoms with E-state index >= 15 is 0 Å². The minimum atomic E-state index is 0.884. The summed E-state index contributed by atoms with van der Waals surface area (Å²) in [6.07, 6.45) is 11.1. The van der Waals surface area contributed by atoms with E-state index < -0.39 is 0 Å². The van der Waals surface area contributed by atoms with Crippen molar-refractivity contribution >= 4 is 0 Å². The maximum atomic E-state index is 3.80. The molecule has 0 saturated carbocycles. The summed E-state index contributed by atoms with van der Waals surface area (Å²) in [5.41, 5.74) is 0. The molecular formula is C9H15. The molecule has 1 rings (SSSR count). The Hall–Kier alpha value is -0.260. The first-order valence-electron chi connectivity index (χ1n) is 3.91. The van der Waals surface area contributed by atoms with Crippen LogP contribution in [0.1, 0.15) is 32.1 Å². The standard InChI is InChI=1S/C9H15/c1-2-3-4-5-6-9-7-8-9/h7-9H,1-6H2. The lowest BCUT2D eigenvalue weighted by Gasteiger charge is -1.95. The van der Waals surface area contributed by atoms with E-state index in [4.69, 9.17) is 0 Å². The van der Waals surface area contributed by atoms with E-state index in [1.54, 1.807) is 0 Å². The van der Waals surface area contributed by atoms with E-state index in [0.29, 0.717) is 0 Å². The van der Waals surface area contributed by atoms with Crippen LogP contribution in [0, 0.1) is 12.8 Å². The van der Waals surface area contributed by atoms with Crippen molar-refractivity contribution in [3.05, 3.63) is 19.1 Å². The highest BCUT2D eigenvalue weighted by Crippen LogP contribution is 2.22. The molecule has 0 fully saturated rings. The predicted molar refractivity (Wildman–Crippen MR) is 41.1 cm³/mol. The Morgan fingerprint density at radius 1 is 1.11 bits per heavy atom. The molecule has 1 radical (unpaired) electrons. The molecule has 0 unspecified atom stereocenters. The van der Waals surface area contributed by atoms with Gasteiger partial charge in [0.15, 0.2) is 0 Å². The van der Waals surface area contributed by atoms with Gasteiger partial charge in [-0.2, -0.15) is 0 Å². The van der Waals surface area contributed by atoms with Crippen molar-refractivity contribution in [2.75, 3.05) is 0 Å². The molecule has 0 aromatic carbocycles. The number of allylic oxidation sites excluding steroid dienone is 2. The molecule has 0 aromatic heterocycles. The highest BCUT2D eigenvalue weighted by atomic mass is 14.1. The van der Waals surface area contributed by atoms with E-state index in [2.05, 4.69) is 19.1 Å². The van der Waals surface area contributed by atoms with Gasteiger partial charge in [0, 0.05) is 0 Å². The lowest BCUT2D eigenvalue weighted by molar-refractivity contribution is 0.626. The van der Waals surface area contributed by atoms with E-state index in [1.807, 2.05) is 0 Å². The van der Waals surface area contributed by atoms with Crippen LogP contribution in [0.4, 0.5) is 0 Å². The van der Waals surface area contributed by atoms with E-state index in [-0.39, 0.29) is 0 Å². The zero-order valence-electron chi connectivity index (χ0n) is 5.97. The van der Waals surface area contributed by atoms with E-state index in [9.17, 15) is 0 Å². The highest BCUT2D eigenvalue weighted by Gasteiger charge is 2.08. The minimum Gasteiger partial charge on any atom is -0.0810 e. The van der Waals surface area contributed by atoms with Gasteiger partial charge in [0.25, 0.3) is 0 Å². The summed E-state index contributed by atoms with van der Waals surface area (Å²) in [5, 5.41) is 0. The van der Waals surface area contributed by atoms with Gasteiger partial charge in [-0.15, -0.1) is 0 Å². The lowest BCUT2D eigenvalue weighted by Crippen LogP contribution is -1.79. The van der Waals surface area contributed by atoms with Gasteiger partial charge in [0.2, 0.25) is 0 Å². The Bertz CT molecular complexity index is 86.2. The first kappa shape index (κ1) is 6.85. The molecule has 0 heterocycles. The van der Waals surface area contributed by atoms with E-state index in [1.165, 1.54) is 25.7 Å². The van der Waals surface area contributed by atoms with Crippen LogP contribution in [-0.2, 0) is 0 Å².